The van der Waals surface area contributed by atoms with Gasteiger partial charge < -0.3 is 16.2 Å². The van der Waals surface area contributed by atoms with Gasteiger partial charge in [-0.1, -0.05) is 13.8 Å². The molecule has 2 atom stereocenters. The fourth-order valence-electron chi connectivity index (χ4n) is 2.24. The van der Waals surface area contributed by atoms with Crippen molar-refractivity contribution < 1.29 is 14.7 Å². The van der Waals surface area contributed by atoms with Crippen LogP contribution in [0.4, 0.5) is 0 Å². The summed E-state index contributed by atoms with van der Waals surface area (Å²) in [4.78, 5) is 22.8. The van der Waals surface area contributed by atoms with E-state index in [0.717, 1.165) is 6.42 Å². The normalized spacial score (nSPS) is 24.6. The molecule has 1 amide bonds. The SMILES string of the molecule is CCC(N)(CC)C(=O)N[C@H]1CC[C@@H](C(=O)O)C1. The fourth-order valence-corrected chi connectivity index (χ4v) is 2.24. The molecule has 1 aliphatic carbocycles. The average Bonchev–Trinajstić information content (AvgIpc) is 2.76. The first-order valence-corrected chi connectivity index (χ1v) is 6.25. The van der Waals surface area contributed by atoms with Gasteiger partial charge in [-0.25, -0.2) is 0 Å². The first-order valence-electron chi connectivity index (χ1n) is 6.25. The molecule has 1 rings (SSSR count). The van der Waals surface area contributed by atoms with Gasteiger partial charge in [0.1, 0.15) is 0 Å². The zero-order chi connectivity index (χ0) is 13.1. The number of rotatable bonds is 5. The molecule has 0 aromatic rings. The second-order valence-electron chi connectivity index (χ2n) is 4.88. The van der Waals surface area contributed by atoms with Crippen LogP contribution in [0.2, 0.25) is 0 Å². The molecule has 0 heterocycles. The standard InChI is InChI=1S/C12H22N2O3/c1-3-12(13,4-2)11(17)14-9-6-5-8(7-9)10(15)16/h8-9H,3-7,13H2,1-2H3,(H,14,17)(H,15,16)/t8-,9+/m1/s1. The van der Waals surface area contributed by atoms with Gasteiger partial charge in [-0.15, -0.1) is 0 Å². The molecule has 0 radical (unpaired) electrons. The molecular weight excluding hydrogens is 220 g/mol. The van der Waals surface area contributed by atoms with Gasteiger partial charge in [0.25, 0.3) is 0 Å². The van der Waals surface area contributed by atoms with Crippen LogP contribution in [-0.4, -0.2) is 28.6 Å². The highest BCUT2D eigenvalue weighted by Crippen LogP contribution is 2.26. The van der Waals surface area contributed by atoms with Crippen LogP contribution in [-0.2, 0) is 9.59 Å². The van der Waals surface area contributed by atoms with Gasteiger partial charge in [0.2, 0.25) is 5.91 Å². The fraction of sp³-hybridized carbons (Fsp3) is 0.833. The van der Waals surface area contributed by atoms with Crippen LogP contribution in [0.25, 0.3) is 0 Å². The van der Waals surface area contributed by atoms with Crippen molar-refractivity contribution in [2.75, 3.05) is 0 Å². The lowest BCUT2D eigenvalue weighted by molar-refractivity contribution is -0.141. The first kappa shape index (κ1) is 14.0. The molecule has 0 aromatic carbocycles. The Bertz CT molecular complexity index is 300. The third-order valence-corrected chi connectivity index (χ3v) is 3.83. The molecule has 0 spiro atoms. The van der Waals surface area contributed by atoms with Crippen molar-refractivity contribution >= 4 is 11.9 Å². The molecule has 0 aromatic heterocycles. The van der Waals surface area contributed by atoms with Crippen molar-refractivity contribution in [3.63, 3.8) is 0 Å². The molecule has 98 valence electrons. The molecule has 5 nitrogen and oxygen atoms in total. The van der Waals surface area contributed by atoms with E-state index >= 15 is 0 Å². The van der Waals surface area contributed by atoms with Crippen LogP contribution in [0.1, 0.15) is 46.0 Å². The van der Waals surface area contributed by atoms with Crippen LogP contribution in [0.15, 0.2) is 0 Å². The van der Waals surface area contributed by atoms with Gasteiger partial charge in [-0.2, -0.15) is 0 Å². The van der Waals surface area contributed by atoms with E-state index in [0.29, 0.717) is 25.7 Å². The maximum atomic E-state index is 12.0. The highest BCUT2D eigenvalue weighted by Gasteiger charge is 2.35. The van der Waals surface area contributed by atoms with E-state index in [9.17, 15) is 9.59 Å². The molecule has 4 N–H and O–H groups in total. The Morgan fingerprint density at radius 3 is 2.35 bits per heavy atom. The van der Waals surface area contributed by atoms with Crippen molar-refractivity contribution in [3.05, 3.63) is 0 Å². The predicted molar refractivity (Wildman–Crippen MR) is 64.4 cm³/mol. The van der Waals surface area contributed by atoms with Crippen molar-refractivity contribution in [1.82, 2.24) is 5.32 Å². The lowest BCUT2D eigenvalue weighted by Crippen LogP contribution is -2.55. The van der Waals surface area contributed by atoms with Gasteiger partial charge in [-0.05, 0) is 32.1 Å². The minimum atomic E-state index is -0.818. The Balaban J connectivity index is 2.51. The summed E-state index contributed by atoms with van der Waals surface area (Å²) in [6, 6.07) is -0.0374. The number of carbonyl (C=O) groups excluding carboxylic acids is 1. The van der Waals surface area contributed by atoms with E-state index in [1.54, 1.807) is 0 Å². The Kier molecular flexibility index (Phi) is 4.51. The summed E-state index contributed by atoms with van der Waals surface area (Å²) in [6.45, 7) is 3.77. The largest absolute Gasteiger partial charge is 0.481 e. The number of hydrogen-bond acceptors (Lipinski definition) is 3. The van der Waals surface area contributed by atoms with Crippen LogP contribution >= 0.6 is 0 Å². The van der Waals surface area contributed by atoms with Gasteiger partial charge in [0, 0.05) is 6.04 Å². The molecule has 1 aliphatic rings. The Hall–Kier alpha value is -1.10. The molecule has 1 fully saturated rings. The quantitative estimate of drug-likeness (QED) is 0.667. The molecule has 0 saturated heterocycles. The van der Waals surface area contributed by atoms with E-state index in [4.69, 9.17) is 10.8 Å². The van der Waals surface area contributed by atoms with Gasteiger partial charge in [0.15, 0.2) is 0 Å². The zero-order valence-corrected chi connectivity index (χ0v) is 10.5. The summed E-state index contributed by atoms with van der Waals surface area (Å²) in [5.41, 5.74) is 5.17. The Morgan fingerprint density at radius 2 is 1.94 bits per heavy atom. The summed E-state index contributed by atoms with van der Waals surface area (Å²) in [5.74, 6) is -1.25. The minimum Gasteiger partial charge on any atom is -0.481 e. The number of nitrogens with one attached hydrogen (secondary N) is 1. The van der Waals surface area contributed by atoms with E-state index < -0.39 is 11.5 Å². The Labute approximate surface area is 102 Å². The highest BCUT2D eigenvalue weighted by atomic mass is 16.4. The van der Waals surface area contributed by atoms with Gasteiger partial charge in [-0.3, -0.25) is 9.59 Å². The number of carboxylic acid groups (broad SMARTS) is 1. The zero-order valence-electron chi connectivity index (χ0n) is 10.5. The van der Waals surface area contributed by atoms with Crippen molar-refractivity contribution in [3.8, 4) is 0 Å². The molecule has 0 unspecified atom stereocenters. The predicted octanol–water partition coefficient (Wildman–Crippen LogP) is 0.873. The third kappa shape index (κ3) is 3.19. The molecule has 0 bridgehead atoms. The molecule has 1 saturated carbocycles. The summed E-state index contributed by atoms with van der Waals surface area (Å²) < 4.78 is 0. The number of aliphatic carboxylic acids is 1. The number of carbonyl (C=O) groups is 2. The van der Waals surface area contributed by atoms with E-state index in [1.165, 1.54) is 0 Å². The van der Waals surface area contributed by atoms with E-state index in [2.05, 4.69) is 5.32 Å². The number of amides is 1. The van der Waals surface area contributed by atoms with Crippen molar-refractivity contribution in [2.45, 2.75) is 57.5 Å². The first-order chi connectivity index (χ1) is 7.92. The lowest BCUT2D eigenvalue weighted by Gasteiger charge is -2.27. The maximum Gasteiger partial charge on any atom is 0.306 e. The van der Waals surface area contributed by atoms with Crippen LogP contribution in [0, 0.1) is 5.92 Å². The summed E-state index contributed by atoms with van der Waals surface area (Å²) in [5, 5.41) is 11.8. The van der Waals surface area contributed by atoms with E-state index in [-0.39, 0.29) is 17.9 Å². The second-order valence-corrected chi connectivity index (χ2v) is 4.88. The topological polar surface area (TPSA) is 92.4 Å². The van der Waals surface area contributed by atoms with Crippen LogP contribution < -0.4 is 11.1 Å². The summed E-state index contributed by atoms with van der Waals surface area (Å²) in [7, 11) is 0. The number of nitrogens with two attached hydrogens (primary N) is 1. The highest BCUT2D eigenvalue weighted by molar-refractivity contribution is 5.86. The summed E-state index contributed by atoms with van der Waals surface area (Å²) in [6.07, 6.45) is 3.06. The number of hydrogen-bond donors (Lipinski definition) is 3. The Morgan fingerprint density at radius 1 is 1.35 bits per heavy atom. The van der Waals surface area contributed by atoms with Crippen molar-refractivity contribution in [2.24, 2.45) is 11.7 Å². The monoisotopic (exact) mass is 242 g/mol. The smallest absolute Gasteiger partial charge is 0.306 e. The molecule has 17 heavy (non-hydrogen) atoms. The minimum absolute atomic E-state index is 0.0374. The lowest BCUT2D eigenvalue weighted by atomic mass is 9.92. The molecule has 5 heteroatoms. The van der Waals surface area contributed by atoms with Gasteiger partial charge >= 0.3 is 5.97 Å². The van der Waals surface area contributed by atoms with Gasteiger partial charge in [0.05, 0.1) is 11.5 Å². The van der Waals surface area contributed by atoms with E-state index in [1.807, 2.05) is 13.8 Å². The average molecular weight is 242 g/mol. The molecular formula is C12H22N2O3. The molecule has 0 aliphatic heterocycles. The number of carboxylic acids is 1. The van der Waals surface area contributed by atoms with Crippen LogP contribution in [0.5, 0.6) is 0 Å². The maximum absolute atomic E-state index is 12.0. The second kappa shape index (κ2) is 5.49. The summed E-state index contributed by atoms with van der Waals surface area (Å²) >= 11 is 0. The third-order valence-electron chi connectivity index (χ3n) is 3.83. The van der Waals surface area contributed by atoms with Crippen molar-refractivity contribution in [1.29, 1.82) is 0 Å². The van der Waals surface area contributed by atoms with Crippen LogP contribution in [0.3, 0.4) is 0 Å².